The van der Waals surface area contributed by atoms with E-state index in [9.17, 15) is 14.4 Å². The van der Waals surface area contributed by atoms with Crippen molar-refractivity contribution in [3.05, 3.63) is 28.2 Å². The van der Waals surface area contributed by atoms with E-state index in [1.165, 1.54) is 12.1 Å². The fourth-order valence-electron chi connectivity index (χ4n) is 2.56. The van der Waals surface area contributed by atoms with Gasteiger partial charge in [0.15, 0.2) is 0 Å². The van der Waals surface area contributed by atoms with Crippen molar-refractivity contribution in [1.82, 2.24) is 15.5 Å². The highest BCUT2D eigenvalue weighted by molar-refractivity contribution is 5.92. The molecule has 0 saturated heterocycles. The van der Waals surface area contributed by atoms with Crippen molar-refractivity contribution in [3.63, 3.8) is 0 Å². The number of carbonyl (C=O) groups is 2. The Bertz CT molecular complexity index is 534. The van der Waals surface area contributed by atoms with Gasteiger partial charge in [-0.3, -0.25) is 14.4 Å². The van der Waals surface area contributed by atoms with Crippen LogP contribution in [0.5, 0.6) is 0 Å². The Balaban J connectivity index is 1.93. The summed E-state index contributed by atoms with van der Waals surface area (Å²) >= 11 is 0. The summed E-state index contributed by atoms with van der Waals surface area (Å²) in [6.07, 6.45) is 3.37. The van der Waals surface area contributed by atoms with Gasteiger partial charge in [-0.05, 0) is 24.8 Å². The minimum Gasteiger partial charge on any atom is -0.481 e. The lowest BCUT2D eigenvalue weighted by Gasteiger charge is -2.28. The van der Waals surface area contributed by atoms with E-state index in [1.807, 2.05) is 0 Å². The van der Waals surface area contributed by atoms with Crippen LogP contribution in [0.25, 0.3) is 0 Å². The van der Waals surface area contributed by atoms with E-state index in [-0.39, 0.29) is 17.2 Å². The number of carboxylic acid groups (broad SMARTS) is 1. The summed E-state index contributed by atoms with van der Waals surface area (Å²) in [6.45, 7) is 0.316. The predicted octanol–water partition coefficient (Wildman–Crippen LogP) is 0.391. The van der Waals surface area contributed by atoms with Gasteiger partial charge in [-0.1, -0.05) is 12.8 Å². The van der Waals surface area contributed by atoms with Crippen molar-refractivity contribution in [2.24, 2.45) is 11.8 Å². The van der Waals surface area contributed by atoms with Gasteiger partial charge in [0.25, 0.3) is 11.5 Å². The third kappa shape index (κ3) is 3.43. The molecule has 1 aliphatic rings. The van der Waals surface area contributed by atoms with Crippen LogP contribution in [0.2, 0.25) is 0 Å². The van der Waals surface area contributed by atoms with E-state index in [2.05, 4.69) is 15.5 Å². The zero-order valence-electron chi connectivity index (χ0n) is 11.0. The van der Waals surface area contributed by atoms with Crippen LogP contribution in [0, 0.1) is 11.8 Å². The molecule has 1 amide bonds. The molecule has 7 heteroatoms. The van der Waals surface area contributed by atoms with Gasteiger partial charge in [0.1, 0.15) is 5.69 Å². The molecule has 2 rings (SSSR count). The number of aliphatic carboxylic acids is 1. The van der Waals surface area contributed by atoms with Crippen LogP contribution in [-0.4, -0.2) is 33.7 Å². The number of hydrogen-bond acceptors (Lipinski definition) is 4. The van der Waals surface area contributed by atoms with Gasteiger partial charge < -0.3 is 10.4 Å². The van der Waals surface area contributed by atoms with Crippen LogP contribution in [0.4, 0.5) is 0 Å². The molecule has 108 valence electrons. The SMILES string of the molecule is O=C(NCC1CCCCC1C(=O)O)c1ccc(=O)[nH]n1. The number of rotatable bonds is 4. The van der Waals surface area contributed by atoms with Crippen molar-refractivity contribution in [3.8, 4) is 0 Å². The first-order valence-electron chi connectivity index (χ1n) is 6.64. The van der Waals surface area contributed by atoms with Gasteiger partial charge in [-0.15, -0.1) is 0 Å². The molecule has 0 aromatic carbocycles. The molecule has 20 heavy (non-hydrogen) atoms. The number of nitrogens with one attached hydrogen (secondary N) is 2. The van der Waals surface area contributed by atoms with Crippen LogP contribution < -0.4 is 10.9 Å². The summed E-state index contributed by atoms with van der Waals surface area (Å²) in [6, 6.07) is 2.56. The summed E-state index contributed by atoms with van der Waals surface area (Å²) in [4.78, 5) is 33.8. The van der Waals surface area contributed by atoms with Gasteiger partial charge in [-0.2, -0.15) is 5.10 Å². The number of carbonyl (C=O) groups excluding carboxylic acids is 1. The molecule has 0 radical (unpaired) electrons. The predicted molar refractivity (Wildman–Crippen MR) is 70.3 cm³/mol. The summed E-state index contributed by atoms with van der Waals surface area (Å²) in [5.74, 6) is -1.65. The number of aromatic amines is 1. The second-order valence-corrected chi connectivity index (χ2v) is 5.01. The average Bonchev–Trinajstić information content (AvgIpc) is 2.45. The molecular formula is C13H17N3O4. The quantitative estimate of drug-likeness (QED) is 0.738. The fraction of sp³-hybridized carbons (Fsp3) is 0.538. The minimum atomic E-state index is -0.800. The molecule has 2 atom stereocenters. The molecule has 0 spiro atoms. The van der Waals surface area contributed by atoms with E-state index in [1.54, 1.807) is 0 Å². The topological polar surface area (TPSA) is 112 Å². The lowest BCUT2D eigenvalue weighted by atomic mass is 9.79. The van der Waals surface area contributed by atoms with E-state index < -0.39 is 17.8 Å². The number of hydrogen-bond donors (Lipinski definition) is 3. The van der Waals surface area contributed by atoms with Crippen molar-refractivity contribution in [2.45, 2.75) is 25.7 Å². The second kappa shape index (κ2) is 6.31. The Hall–Kier alpha value is -2.18. The van der Waals surface area contributed by atoms with Crippen LogP contribution in [0.15, 0.2) is 16.9 Å². The standard InChI is InChI=1S/C13H17N3O4/c17-11-6-5-10(15-16-11)12(18)14-7-8-3-1-2-4-9(8)13(19)20/h5-6,8-9H,1-4,7H2,(H,14,18)(H,16,17)(H,19,20). The summed E-state index contributed by atoms with van der Waals surface area (Å²) in [7, 11) is 0. The van der Waals surface area contributed by atoms with Crippen LogP contribution in [0.1, 0.15) is 36.2 Å². The maximum absolute atomic E-state index is 11.8. The number of amides is 1. The van der Waals surface area contributed by atoms with Gasteiger partial charge in [0.2, 0.25) is 0 Å². The Kier molecular flexibility index (Phi) is 4.49. The normalized spacial score (nSPS) is 22.2. The van der Waals surface area contributed by atoms with Gasteiger partial charge in [-0.25, -0.2) is 5.10 Å². The number of carboxylic acids is 1. The van der Waals surface area contributed by atoms with Crippen LogP contribution in [-0.2, 0) is 4.79 Å². The molecular weight excluding hydrogens is 262 g/mol. The van der Waals surface area contributed by atoms with Crippen LogP contribution in [0.3, 0.4) is 0 Å². The third-order valence-electron chi connectivity index (χ3n) is 3.66. The molecule has 1 heterocycles. The molecule has 1 fully saturated rings. The van der Waals surface area contributed by atoms with E-state index in [4.69, 9.17) is 5.11 Å². The highest BCUT2D eigenvalue weighted by Crippen LogP contribution is 2.29. The van der Waals surface area contributed by atoms with Crippen molar-refractivity contribution in [2.75, 3.05) is 6.54 Å². The van der Waals surface area contributed by atoms with E-state index in [0.717, 1.165) is 19.3 Å². The molecule has 0 aliphatic heterocycles. The molecule has 1 aromatic rings. The number of aromatic nitrogens is 2. The van der Waals surface area contributed by atoms with E-state index in [0.29, 0.717) is 13.0 Å². The summed E-state index contributed by atoms with van der Waals surface area (Å²) in [5, 5.41) is 17.7. The Morgan fingerprint density at radius 1 is 1.35 bits per heavy atom. The molecule has 1 aliphatic carbocycles. The van der Waals surface area contributed by atoms with Gasteiger partial charge >= 0.3 is 5.97 Å². The monoisotopic (exact) mass is 279 g/mol. The number of H-pyrrole nitrogens is 1. The molecule has 2 unspecified atom stereocenters. The zero-order chi connectivity index (χ0) is 14.5. The molecule has 0 bridgehead atoms. The largest absolute Gasteiger partial charge is 0.481 e. The molecule has 1 saturated carbocycles. The molecule has 1 aromatic heterocycles. The minimum absolute atomic E-state index is 0.0482. The highest BCUT2D eigenvalue weighted by Gasteiger charge is 2.30. The zero-order valence-corrected chi connectivity index (χ0v) is 11.0. The smallest absolute Gasteiger partial charge is 0.306 e. The van der Waals surface area contributed by atoms with Gasteiger partial charge in [0.05, 0.1) is 5.92 Å². The lowest BCUT2D eigenvalue weighted by molar-refractivity contribution is -0.144. The number of nitrogens with zero attached hydrogens (tertiary/aromatic N) is 1. The Labute approximate surface area is 115 Å². The maximum Gasteiger partial charge on any atom is 0.306 e. The van der Waals surface area contributed by atoms with Crippen molar-refractivity contribution < 1.29 is 14.7 Å². The van der Waals surface area contributed by atoms with Crippen LogP contribution >= 0.6 is 0 Å². The molecule has 7 nitrogen and oxygen atoms in total. The lowest BCUT2D eigenvalue weighted by Crippen LogP contribution is -2.37. The van der Waals surface area contributed by atoms with Crippen molar-refractivity contribution >= 4 is 11.9 Å². The molecule has 3 N–H and O–H groups in total. The Morgan fingerprint density at radius 2 is 2.10 bits per heavy atom. The fourth-order valence-corrected chi connectivity index (χ4v) is 2.56. The summed E-state index contributed by atoms with van der Waals surface area (Å²) in [5.41, 5.74) is -0.257. The first-order chi connectivity index (χ1) is 9.58. The third-order valence-corrected chi connectivity index (χ3v) is 3.66. The summed E-state index contributed by atoms with van der Waals surface area (Å²) < 4.78 is 0. The van der Waals surface area contributed by atoms with E-state index >= 15 is 0 Å². The van der Waals surface area contributed by atoms with Gasteiger partial charge in [0, 0.05) is 12.6 Å². The first-order valence-corrected chi connectivity index (χ1v) is 6.64. The highest BCUT2D eigenvalue weighted by atomic mass is 16.4. The first kappa shape index (κ1) is 14.2. The maximum atomic E-state index is 11.8. The second-order valence-electron chi connectivity index (χ2n) is 5.01. The van der Waals surface area contributed by atoms with Crippen molar-refractivity contribution in [1.29, 1.82) is 0 Å². The Morgan fingerprint density at radius 3 is 2.75 bits per heavy atom. The average molecular weight is 279 g/mol.